The van der Waals surface area contributed by atoms with Gasteiger partial charge in [-0.15, -0.1) is 12.4 Å². The lowest BCUT2D eigenvalue weighted by molar-refractivity contribution is -0.158. The van der Waals surface area contributed by atoms with E-state index in [1.54, 1.807) is 13.8 Å². The predicted molar refractivity (Wildman–Crippen MR) is 88.8 cm³/mol. The fourth-order valence-electron chi connectivity index (χ4n) is 2.01. The molecule has 0 aliphatic carbocycles. The number of hydroxylamine groups is 2. The first-order valence-electron chi connectivity index (χ1n) is 7.00. The zero-order valence-electron chi connectivity index (χ0n) is 13.3. The monoisotopic (exact) mass is 363 g/mol. The van der Waals surface area contributed by atoms with Crippen molar-refractivity contribution in [3.8, 4) is 5.75 Å². The Balaban J connectivity index is 0.00000288. The standard InChI is InChI=1S/C14H19F2N5O2.ClH/c1-14(2)20-12(17)19-13(18)21(14)23-7-3-6-22-11-5-4-9(15)8-10(11)16;/h4-5,8H,3,6-7H2,1-2H3,(H4,17,18,19,20);1H. The summed E-state index contributed by atoms with van der Waals surface area (Å²) >= 11 is 0. The minimum Gasteiger partial charge on any atom is -0.490 e. The van der Waals surface area contributed by atoms with Crippen LogP contribution in [-0.4, -0.2) is 35.9 Å². The van der Waals surface area contributed by atoms with E-state index in [1.807, 2.05) is 0 Å². The molecule has 4 N–H and O–H groups in total. The van der Waals surface area contributed by atoms with Crippen LogP contribution < -0.4 is 16.2 Å². The van der Waals surface area contributed by atoms with Crippen molar-refractivity contribution >= 4 is 24.3 Å². The molecule has 1 heterocycles. The summed E-state index contributed by atoms with van der Waals surface area (Å²) in [5, 5.41) is 1.35. The number of benzene rings is 1. The fourth-order valence-corrected chi connectivity index (χ4v) is 2.01. The molecular formula is C14H20ClF2N5O2. The summed E-state index contributed by atoms with van der Waals surface area (Å²) in [4.78, 5) is 13.5. The Bertz CT molecular complexity index is 640. The van der Waals surface area contributed by atoms with E-state index < -0.39 is 17.3 Å². The Morgan fingerprint density at radius 1 is 1.21 bits per heavy atom. The second-order valence-electron chi connectivity index (χ2n) is 5.34. The van der Waals surface area contributed by atoms with E-state index in [1.165, 1.54) is 11.1 Å². The van der Waals surface area contributed by atoms with Crippen LogP contribution in [0.5, 0.6) is 5.75 Å². The van der Waals surface area contributed by atoms with Gasteiger partial charge in [0, 0.05) is 12.5 Å². The van der Waals surface area contributed by atoms with Crippen molar-refractivity contribution in [1.29, 1.82) is 0 Å². The molecule has 0 saturated carbocycles. The second-order valence-corrected chi connectivity index (χ2v) is 5.34. The molecule has 1 aliphatic heterocycles. The van der Waals surface area contributed by atoms with Gasteiger partial charge in [0.05, 0.1) is 13.2 Å². The number of hydrogen-bond donors (Lipinski definition) is 2. The van der Waals surface area contributed by atoms with Gasteiger partial charge in [0.25, 0.3) is 0 Å². The second kappa shape index (κ2) is 8.11. The van der Waals surface area contributed by atoms with Crippen LogP contribution in [0.2, 0.25) is 0 Å². The quantitative estimate of drug-likeness (QED) is 0.750. The van der Waals surface area contributed by atoms with E-state index in [2.05, 4.69) is 9.98 Å². The van der Waals surface area contributed by atoms with Crippen LogP contribution in [-0.2, 0) is 4.84 Å². The van der Waals surface area contributed by atoms with Gasteiger partial charge in [0.2, 0.25) is 11.9 Å². The summed E-state index contributed by atoms with van der Waals surface area (Å²) in [6.45, 7) is 3.98. The highest BCUT2D eigenvalue weighted by molar-refractivity contribution is 5.95. The molecule has 134 valence electrons. The van der Waals surface area contributed by atoms with E-state index in [4.69, 9.17) is 21.0 Å². The van der Waals surface area contributed by atoms with E-state index in [0.717, 1.165) is 12.1 Å². The molecule has 2 rings (SSSR count). The minimum atomic E-state index is -0.778. The maximum absolute atomic E-state index is 13.4. The molecule has 7 nitrogen and oxygen atoms in total. The molecule has 0 fully saturated rings. The van der Waals surface area contributed by atoms with Crippen LogP contribution >= 0.6 is 12.4 Å². The van der Waals surface area contributed by atoms with E-state index >= 15 is 0 Å². The highest BCUT2D eigenvalue weighted by atomic mass is 35.5. The van der Waals surface area contributed by atoms with Gasteiger partial charge >= 0.3 is 0 Å². The number of rotatable bonds is 6. The molecule has 0 amide bonds. The SMILES string of the molecule is CC1(C)N=C(N)N=C(N)N1OCCCOc1ccc(F)cc1F.Cl. The van der Waals surface area contributed by atoms with Crippen LogP contribution in [0, 0.1) is 11.6 Å². The van der Waals surface area contributed by atoms with Crippen LogP contribution in [0.15, 0.2) is 28.2 Å². The molecule has 0 spiro atoms. The third-order valence-electron chi connectivity index (χ3n) is 2.98. The Morgan fingerprint density at radius 3 is 2.54 bits per heavy atom. The number of ether oxygens (including phenoxy) is 1. The molecular weight excluding hydrogens is 344 g/mol. The first-order valence-corrected chi connectivity index (χ1v) is 7.00. The minimum absolute atomic E-state index is 0. The predicted octanol–water partition coefficient (Wildman–Crippen LogP) is 1.77. The summed E-state index contributed by atoms with van der Waals surface area (Å²) in [5.41, 5.74) is 10.5. The Morgan fingerprint density at radius 2 is 1.92 bits per heavy atom. The third-order valence-corrected chi connectivity index (χ3v) is 2.98. The van der Waals surface area contributed by atoms with Gasteiger partial charge in [0.15, 0.2) is 17.2 Å². The summed E-state index contributed by atoms with van der Waals surface area (Å²) in [7, 11) is 0. The molecule has 0 radical (unpaired) electrons. The normalized spacial score (nSPS) is 16.1. The number of nitrogens with zero attached hydrogens (tertiary/aromatic N) is 3. The number of nitrogens with two attached hydrogens (primary N) is 2. The van der Waals surface area contributed by atoms with E-state index in [9.17, 15) is 8.78 Å². The third kappa shape index (κ3) is 4.93. The van der Waals surface area contributed by atoms with Crippen molar-refractivity contribution < 1.29 is 18.4 Å². The smallest absolute Gasteiger partial charge is 0.226 e. The lowest BCUT2D eigenvalue weighted by atomic mass is 10.2. The summed E-state index contributed by atoms with van der Waals surface area (Å²) < 4.78 is 31.4. The van der Waals surface area contributed by atoms with Gasteiger partial charge in [0.1, 0.15) is 5.82 Å². The van der Waals surface area contributed by atoms with Crippen LogP contribution in [0.25, 0.3) is 0 Å². The van der Waals surface area contributed by atoms with Crippen LogP contribution in [0.1, 0.15) is 20.3 Å². The molecule has 0 atom stereocenters. The largest absolute Gasteiger partial charge is 0.490 e. The fraction of sp³-hybridized carbons (Fsp3) is 0.429. The first-order chi connectivity index (χ1) is 10.8. The lowest BCUT2D eigenvalue weighted by Crippen LogP contribution is -2.53. The Kier molecular flexibility index (Phi) is 6.73. The molecule has 0 unspecified atom stereocenters. The van der Waals surface area contributed by atoms with Crippen molar-refractivity contribution in [2.24, 2.45) is 21.5 Å². The van der Waals surface area contributed by atoms with Crippen molar-refractivity contribution in [3.63, 3.8) is 0 Å². The lowest BCUT2D eigenvalue weighted by Gasteiger charge is -2.36. The highest BCUT2D eigenvalue weighted by Gasteiger charge is 2.32. The number of aliphatic imine (C=N–C) groups is 2. The topological polar surface area (TPSA) is 98.5 Å². The summed E-state index contributed by atoms with van der Waals surface area (Å²) in [5.74, 6) is -1.22. The molecule has 24 heavy (non-hydrogen) atoms. The molecule has 10 heteroatoms. The molecule has 0 aromatic heterocycles. The first kappa shape index (κ1) is 19.9. The van der Waals surface area contributed by atoms with Crippen molar-refractivity contribution in [2.75, 3.05) is 13.2 Å². The summed E-state index contributed by atoms with van der Waals surface area (Å²) in [6.07, 6.45) is 0.454. The van der Waals surface area contributed by atoms with Gasteiger partial charge in [-0.25, -0.2) is 13.8 Å². The van der Waals surface area contributed by atoms with Crippen molar-refractivity contribution in [3.05, 3.63) is 29.8 Å². The van der Waals surface area contributed by atoms with Crippen LogP contribution in [0.4, 0.5) is 8.78 Å². The number of guanidine groups is 2. The maximum Gasteiger partial charge on any atom is 0.226 e. The average Bonchev–Trinajstić information content (AvgIpc) is 2.42. The van der Waals surface area contributed by atoms with Gasteiger partial charge in [-0.05, 0) is 26.0 Å². The zero-order valence-corrected chi connectivity index (χ0v) is 14.1. The molecule has 0 bridgehead atoms. The molecule has 1 aromatic carbocycles. The number of halogens is 3. The van der Waals surface area contributed by atoms with Gasteiger partial charge in [-0.1, -0.05) is 0 Å². The van der Waals surface area contributed by atoms with Gasteiger partial charge in [-0.3, -0.25) is 4.84 Å². The van der Waals surface area contributed by atoms with Crippen molar-refractivity contribution in [1.82, 2.24) is 5.06 Å². The van der Waals surface area contributed by atoms with Crippen molar-refractivity contribution in [2.45, 2.75) is 25.9 Å². The number of hydrogen-bond acceptors (Lipinski definition) is 7. The van der Waals surface area contributed by atoms with Gasteiger partial charge in [-0.2, -0.15) is 10.1 Å². The molecule has 0 saturated heterocycles. The maximum atomic E-state index is 13.4. The van der Waals surface area contributed by atoms with Gasteiger partial charge < -0.3 is 16.2 Å². The highest BCUT2D eigenvalue weighted by Crippen LogP contribution is 2.20. The average molecular weight is 364 g/mol. The van der Waals surface area contributed by atoms with Crippen LogP contribution in [0.3, 0.4) is 0 Å². The Hall–Kier alpha value is -2.13. The Labute approximate surface area is 144 Å². The molecule has 1 aromatic rings. The van der Waals surface area contributed by atoms with E-state index in [-0.39, 0.29) is 43.3 Å². The zero-order chi connectivity index (χ0) is 17.0. The summed E-state index contributed by atoms with van der Waals surface area (Å²) in [6, 6.07) is 3.13. The molecule has 1 aliphatic rings. The van der Waals surface area contributed by atoms with E-state index in [0.29, 0.717) is 6.42 Å².